The number of aliphatic imine (C=N–C) groups is 1. The fourth-order valence-corrected chi connectivity index (χ4v) is 14.2. The standard InChI is InChI=1S/C77H108BN7O14/c1-50-38-55-45-80-59-43-64(62(94-11)40-57(59)69(89)83(55)46-50)98-49-75(5,6)30-29-74(3,4)32-36-96-65-44-60-58(41-63(65)95-12)70(90)84-47-51(2)39-61(84)71(91)85(60)73(93)97-48-52-24-26-54(27-25-52)81-78-72(92)76(7,8)33-37-99-77(9,10)31-34-79-66(86)28-35-82-67(87)42-56(68(82)88)53-22-20-18-16-14-13-15-17-19-21-23-53/h24-27,40-41,43-45,53,55-56,61,71,78,81,91H,1-2,13-23,28-39,42,46-49H2,3-12H3,(H,79,86)/t55-,56?,61-,71-/m0/s1. The van der Waals surface area contributed by atoms with Gasteiger partial charge in [0.25, 0.3) is 11.8 Å². The molecule has 1 saturated carbocycles. The van der Waals surface area contributed by atoms with Crippen molar-refractivity contribution in [1.29, 1.82) is 0 Å². The average Bonchev–Trinajstić information content (AvgIpc) is 1.63. The first kappa shape index (κ1) is 75.5. The van der Waals surface area contributed by atoms with Crippen molar-refractivity contribution in [2.75, 3.05) is 70.3 Å². The smallest absolute Gasteiger partial charge is 0.416 e. The van der Waals surface area contributed by atoms with Gasteiger partial charge in [-0.05, 0) is 118 Å². The van der Waals surface area contributed by atoms with E-state index in [1.807, 2.05) is 33.9 Å². The summed E-state index contributed by atoms with van der Waals surface area (Å²) >= 11 is 0. The first-order valence-electron chi connectivity index (χ1n) is 36.0. The fourth-order valence-electron chi connectivity index (χ4n) is 14.2. The van der Waals surface area contributed by atoms with Crippen molar-refractivity contribution in [1.82, 2.24) is 20.0 Å². The topological polar surface area (TPSA) is 244 Å². The Bertz CT molecular complexity index is 3460. The number of hydrogen-bond acceptors (Lipinski definition) is 16. The van der Waals surface area contributed by atoms with E-state index in [-0.39, 0.29) is 134 Å². The Morgan fingerprint density at radius 3 is 1.98 bits per heavy atom. The second-order valence-electron chi connectivity index (χ2n) is 31.1. The van der Waals surface area contributed by atoms with Crippen LogP contribution < -0.4 is 34.4 Å². The zero-order valence-corrected chi connectivity index (χ0v) is 60.5. The third-order valence-electron chi connectivity index (χ3n) is 21.1. The molecule has 0 spiro atoms. The molecule has 0 aromatic heterocycles. The highest BCUT2D eigenvalue weighted by Crippen LogP contribution is 2.45. The summed E-state index contributed by atoms with van der Waals surface area (Å²) in [7, 11) is 3.10. The van der Waals surface area contributed by atoms with Crippen LogP contribution in [0.25, 0.3) is 0 Å². The van der Waals surface area contributed by atoms with E-state index in [9.17, 15) is 38.7 Å². The summed E-state index contributed by atoms with van der Waals surface area (Å²) in [6.07, 6.45) is 16.8. The number of fused-ring (bicyclic) bond motifs is 4. The van der Waals surface area contributed by atoms with Gasteiger partial charge in [0, 0.05) is 75.1 Å². The molecular weight excluding hydrogens is 1260 g/mol. The van der Waals surface area contributed by atoms with E-state index in [0.717, 1.165) is 54.6 Å². The Morgan fingerprint density at radius 1 is 0.687 bits per heavy atom. The molecule has 4 atom stereocenters. The Morgan fingerprint density at radius 2 is 1.30 bits per heavy atom. The molecule has 1 aliphatic carbocycles. The molecule has 22 heteroatoms. The maximum Gasteiger partial charge on any atom is 0.416 e. The van der Waals surface area contributed by atoms with Gasteiger partial charge in [-0.1, -0.05) is 136 Å². The van der Waals surface area contributed by atoms with E-state index in [0.29, 0.717) is 86.0 Å². The van der Waals surface area contributed by atoms with Crippen LogP contribution in [0.5, 0.6) is 23.0 Å². The van der Waals surface area contributed by atoms with E-state index >= 15 is 0 Å². The molecule has 0 radical (unpaired) electrons. The van der Waals surface area contributed by atoms with Gasteiger partial charge >= 0.3 is 13.5 Å². The van der Waals surface area contributed by atoms with Crippen LogP contribution >= 0.6 is 0 Å². The molecule has 4 fully saturated rings. The number of methoxy groups -OCH3 is 2. The first-order valence-corrected chi connectivity index (χ1v) is 36.0. The molecular formula is C77H108BN7O14. The number of anilines is 2. The predicted molar refractivity (Wildman–Crippen MR) is 384 cm³/mol. The van der Waals surface area contributed by atoms with Crippen molar-refractivity contribution in [3.63, 3.8) is 0 Å². The predicted octanol–water partition coefficient (Wildman–Crippen LogP) is 12.8. The number of rotatable bonds is 29. The minimum atomic E-state index is -1.49. The number of likely N-dealkylation sites (tertiary alicyclic amines) is 1. The number of nitrogens with zero attached hydrogens (tertiary/aromatic N) is 5. The highest BCUT2D eigenvalue weighted by atomic mass is 16.6. The van der Waals surface area contributed by atoms with Crippen molar-refractivity contribution < 1.29 is 67.1 Å². The van der Waals surface area contributed by atoms with Gasteiger partial charge in [0.1, 0.15) is 12.3 Å². The van der Waals surface area contributed by atoms with Crippen LogP contribution in [0.2, 0.25) is 0 Å². The minimum Gasteiger partial charge on any atom is -0.493 e. The summed E-state index contributed by atoms with van der Waals surface area (Å²) in [6, 6.07) is 12.8. The summed E-state index contributed by atoms with van der Waals surface area (Å²) in [5.41, 5.74) is 2.49. The van der Waals surface area contributed by atoms with Gasteiger partial charge in [0.2, 0.25) is 17.7 Å². The lowest BCUT2D eigenvalue weighted by atomic mass is 9.69. The number of carbonyl (C=O) groups is 7. The molecule has 538 valence electrons. The number of hydrogen-bond donors (Lipinski definition) is 3. The number of amides is 6. The Labute approximate surface area is 586 Å². The lowest BCUT2D eigenvalue weighted by Crippen LogP contribution is -2.50. The van der Waals surface area contributed by atoms with Crippen molar-refractivity contribution in [2.45, 2.75) is 214 Å². The average molecular weight is 1370 g/mol. The van der Waals surface area contributed by atoms with Crippen LogP contribution in [-0.4, -0.2) is 159 Å². The summed E-state index contributed by atoms with van der Waals surface area (Å²) in [6.45, 7) is 26.4. The van der Waals surface area contributed by atoms with E-state index in [1.54, 1.807) is 60.5 Å². The number of imide groups is 1. The Balaban J connectivity index is 0.718. The van der Waals surface area contributed by atoms with Gasteiger partial charge in [-0.15, -0.1) is 0 Å². The van der Waals surface area contributed by atoms with Gasteiger partial charge in [0.15, 0.2) is 29.2 Å². The summed E-state index contributed by atoms with van der Waals surface area (Å²) in [5.74, 6) is 0.469. The molecule has 5 aliphatic heterocycles. The van der Waals surface area contributed by atoms with Crippen LogP contribution in [0.3, 0.4) is 0 Å². The molecule has 3 aromatic rings. The van der Waals surface area contributed by atoms with Crippen LogP contribution in [0.4, 0.5) is 21.9 Å². The Hall–Kier alpha value is -7.72. The zero-order chi connectivity index (χ0) is 71.4. The number of aliphatic hydroxyl groups excluding tert-OH is 1. The van der Waals surface area contributed by atoms with Crippen molar-refractivity contribution in [3.8, 4) is 23.0 Å². The molecule has 3 N–H and O–H groups in total. The fraction of sp³-hybridized carbons (Fsp3) is 0.610. The van der Waals surface area contributed by atoms with E-state index in [4.69, 9.17) is 28.4 Å². The lowest BCUT2D eigenvalue weighted by molar-refractivity contribution is -0.140. The van der Waals surface area contributed by atoms with Crippen LogP contribution in [0, 0.1) is 28.1 Å². The highest BCUT2D eigenvalue weighted by molar-refractivity contribution is 6.77. The zero-order valence-electron chi connectivity index (χ0n) is 60.5. The van der Waals surface area contributed by atoms with Crippen molar-refractivity contribution in [2.24, 2.45) is 33.1 Å². The summed E-state index contributed by atoms with van der Waals surface area (Å²) in [5, 5.41) is 18.2. The van der Waals surface area contributed by atoms with Gasteiger partial charge < -0.3 is 58.7 Å². The number of carbonyl (C=O) groups excluding carboxylic acids is 7. The van der Waals surface area contributed by atoms with Crippen molar-refractivity contribution in [3.05, 3.63) is 89.5 Å². The molecule has 5 heterocycles. The number of nitrogens with one attached hydrogen (secondary N) is 2. The maximum atomic E-state index is 14.4. The maximum absolute atomic E-state index is 14.4. The molecule has 9 rings (SSSR count). The third-order valence-corrected chi connectivity index (χ3v) is 21.1. The van der Waals surface area contributed by atoms with Gasteiger partial charge in [-0.3, -0.25) is 33.9 Å². The monoisotopic (exact) mass is 1370 g/mol. The van der Waals surface area contributed by atoms with Gasteiger partial charge in [-0.2, -0.15) is 0 Å². The van der Waals surface area contributed by atoms with E-state index in [2.05, 4.69) is 56.4 Å². The van der Waals surface area contributed by atoms with Crippen LogP contribution in [0.1, 0.15) is 210 Å². The number of ether oxygens (including phenoxy) is 6. The SMILES string of the molecule is C=C1C[C@H]2C=Nc3cc(OCC(C)(C)CCC(C)(C)CCOc4cc5c(cc4OC)C(=O)N4CC(=C)C[C@H]4[C@H](O)N5C(=O)OCc4ccc(NBC(=O)C(C)(C)CCOC(C)(C)CCNC(=O)CCN5C(=O)CC(C6CCCCCCCCCCC6)C5=O)cc4)c(OC)cc3C(=O)N2C1. The molecule has 6 amide bonds. The quantitative estimate of drug-likeness (QED) is 0.0332. The van der Waals surface area contributed by atoms with Gasteiger partial charge in [-0.25, -0.2) is 9.69 Å². The Kier molecular flexibility index (Phi) is 25.3. The molecule has 21 nitrogen and oxygen atoms in total. The van der Waals surface area contributed by atoms with Crippen LogP contribution in [-0.2, 0) is 35.3 Å². The van der Waals surface area contributed by atoms with E-state index < -0.39 is 35.3 Å². The minimum absolute atomic E-state index is 0.0189. The number of benzene rings is 3. The van der Waals surface area contributed by atoms with Crippen LogP contribution in [0.15, 0.2) is 77.8 Å². The first-order chi connectivity index (χ1) is 47.1. The molecule has 6 aliphatic rings. The molecule has 3 aromatic carbocycles. The largest absolute Gasteiger partial charge is 0.493 e. The molecule has 0 bridgehead atoms. The van der Waals surface area contributed by atoms with Crippen molar-refractivity contribution >= 4 is 72.0 Å². The second-order valence-corrected chi connectivity index (χ2v) is 31.1. The second kappa shape index (κ2) is 33.2. The number of aliphatic hydroxyl groups is 1. The highest BCUT2D eigenvalue weighted by Gasteiger charge is 2.47. The summed E-state index contributed by atoms with van der Waals surface area (Å²) < 4.78 is 36.6. The molecule has 1 unspecified atom stereocenters. The molecule has 99 heavy (non-hydrogen) atoms. The van der Waals surface area contributed by atoms with E-state index in [1.165, 1.54) is 61.9 Å². The normalized spacial score (nSPS) is 20.4. The lowest BCUT2D eigenvalue weighted by Gasteiger charge is -2.32. The summed E-state index contributed by atoms with van der Waals surface area (Å²) in [4.78, 5) is 106. The molecule has 3 saturated heterocycles. The third kappa shape index (κ3) is 19.6. The van der Waals surface area contributed by atoms with Gasteiger partial charge in [0.05, 0.1) is 73.5 Å².